The van der Waals surface area contributed by atoms with E-state index in [1.54, 1.807) is 0 Å². The first-order valence-corrected chi connectivity index (χ1v) is 6.84. The van der Waals surface area contributed by atoms with Gasteiger partial charge in [0.05, 0.1) is 0 Å². The van der Waals surface area contributed by atoms with E-state index in [9.17, 15) is 0 Å². The van der Waals surface area contributed by atoms with Gasteiger partial charge in [-0.25, -0.2) is 0 Å². The zero-order valence-electron chi connectivity index (χ0n) is 12.0. The Balaban J connectivity index is 2.88. The maximum absolute atomic E-state index is 3.45. The Morgan fingerprint density at radius 2 is 1.88 bits per heavy atom. The predicted octanol–water partition coefficient (Wildman–Crippen LogP) is 4.19. The summed E-state index contributed by atoms with van der Waals surface area (Å²) in [6.45, 7) is 9.12. The van der Waals surface area contributed by atoms with Gasteiger partial charge in [-0.2, -0.15) is 0 Å². The molecule has 17 heavy (non-hydrogen) atoms. The van der Waals surface area contributed by atoms with Crippen molar-refractivity contribution in [2.24, 2.45) is 11.8 Å². The third-order valence-corrected chi connectivity index (χ3v) is 3.48. The Morgan fingerprint density at radius 3 is 2.41 bits per heavy atom. The van der Waals surface area contributed by atoms with Gasteiger partial charge in [-0.15, -0.1) is 0 Å². The predicted molar refractivity (Wildman–Crippen MR) is 76.2 cm³/mol. The van der Waals surface area contributed by atoms with Gasteiger partial charge in [-0.3, -0.25) is 0 Å². The van der Waals surface area contributed by atoms with E-state index in [0.29, 0.717) is 12.0 Å². The highest BCUT2D eigenvalue weighted by atomic mass is 14.9. The maximum Gasteiger partial charge on any atom is 0.0343 e. The van der Waals surface area contributed by atoms with E-state index in [2.05, 4.69) is 64.3 Å². The standard InChI is InChI=1S/C16H27N/c1-6-13(4)16(17-5)15-9-7-8-14(11-15)10-12(2)3/h7-9,11-13,16-17H,6,10H2,1-5H3. The van der Waals surface area contributed by atoms with Crippen molar-refractivity contribution >= 4 is 0 Å². The molecule has 0 radical (unpaired) electrons. The molecule has 0 aliphatic rings. The van der Waals surface area contributed by atoms with Crippen LogP contribution in [0.15, 0.2) is 24.3 Å². The van der Waals surface area contributed by atoms with E-state index in [4.69, 9.17) is 0 Å². The fraction of sp³-hybridized carbons (Fsp3) is 0.625. The number of nitrogens with one attached hydrogen (secondary N) is 1. The van der Waals surface area contributed by atoms with Gasteiger partial charge in [0.1, 0.15) is 0 Å². The average Bonchev–Trinajstić information content (AvgIpc) is 2.29. The van der Waals surface area contributed by atoms with Crippen molar-refractivity contribution in [2.75, 3.05) is 7.05 Å². The van der Waals surface area contributed by atoms with E-state index in [1.165, 1.54) is 24.0 Å². The summed E-state index contributed by atoms with van der Waals surface area (Å²) >= 11 is 0. The van der Waals surface area contributed by atoms with Gasteiger partial charge in [0.25, 0.3) is 0 Å². The molecule has 0 aliphatic carbocycles. The number of hydrogen-bond donors (Lipinski definition) is 1. The second-order valence-electron chi connectivity index (χ2n) is 5.49. The molecule has 0 spiro atoms. The largest absolute Gasteiger partial charge is 0.313 e. The van der Waals surface area contributed by atoms with Crippen molar-refractivity contribution in [3.05, 3.63) is 35.4 Å². The second kappa shape index (κ2) is 6.80. The zero-order valence-corrected chi connectivity index (χ0v) is 12.0. The van der Waals surface area contributed by atoms with Crippen molar-refractivity contribution in [2.45, 2.75) is 46.6 Å². The summed E-state index contributed by atoms with van der Waals surface area (Å²) in [5.41, 5.74) is 2.89. The van der Waals surface area contributed by atoms with Crippen LogP contribution >= 0.6 is 0 Å². The molecule has 1 heteroatoms. The normalized spacial score (nSPS) is 14.9. The van der Waals surface area contributed by atoms with Gasteiger partial charge >= 0.3 is 0 Å². The highest BCUT2D eigenvalue weighted by Crippen LogP contribution is 2.25. The molecule has 0 fully saturated rings. The lowest BCUT2D eigenvalue weighted by Gasteiger charge is -2.23. The van der Waals surface area contributed by atoms with Crippen LogP contribution in [0, 0.1) is 11.8 Å². The van der Waals surface area contributed by atoms with Crippen LogP contribution in [0.2, 0.25) is 0 Å². The van der Waals surface area contributed by atoms with Gasteiger partial charge in [0, 0.05) is 6.04 Å². The molecular formula is C16H27N. The fourth-order valence-electron chi connectivity index (χ4n) is 2.40. The quantitative estimate of drug-likeness (QED) is 0.777. The number of rotatable bonds is 6. The summed E-state index contributed by atoms with van der Waals surface area (Å²) in [7, 11) is 2.06. The van der Waals surface area contributed by atoms with Gasteiger partial charge in [-0.05, 0) is 36.4 Å². The summed E-state index contributed by atoms with van der Waals surface area (Å²) < 4.78 is 0. The summed E-state index contributed by atoms with van der Waals surface area (Å²) in [4.78, 5) is 0. The van der Waals surface area contributed by atoms with Crippen molar-refractivity contribution < 1.29 is 0 Å². The summed E-state index contributed by atoms with van der Waals surface area (Å²) in [5, 5.41) is 3.45. The molecule has 2 atom stereocenters. The molecule has 1 rings (SSSR count). The second-order valence-corrected chi connectivity index (χ2v) is 5.49. The lowest BCUT2D eigenvalue weighted by molar-refractivity contribution is 0.400. The molecule has 0 amide bonds. The van der Waals surface area contributed by atoms with Crippen molar-refractivity contribution in [3.63, 3.8) is 0 Å². The van der Waals surface area contributed by atoms with Crippen LogP contribution in [-0.4, -0.2) is 7.05 Å². The lowest BCUT2D eigenvalue weighted by atomic mass is 9.90. The van der Waals surface area contributed by atoms with Crippen molar-refractivity contribution in [1.29, 1.82) is 0 Å². The van der Waals surface area contributed by atoms with Gasteiger partial charge in [-0.1, -0.05) is 58.4 Å². The molecule has 0 bridgehead atoms. The van der Waals surface area contributed by atoms with Crippen LogP contribution in [0.1, 0.15) is 51.3 Å². The van der Waals surface area contributed by atoms with Gasteiger partial charge in [0.2, 0.25) is 0 Å². The minimum absolute atomic E-state index is 0.479. The summed E-state index contributed by atoms with van der Waals surface area (Å²) in [6.07, 6.45) is 2.38. The topological polar surface area (TPSA) is 12.0 Å². The molecule has 2 unspecified atom stereocenters. The molecular weight excluding hydrogens is 206 g/mol. The fourth-order valence-corrected chi connectivity index (χ4v) is 2.40. The first-order chi connectivity index (χ1) is 8.08. The molecule has 1 nitrogen and oxygen atoms in total. The molecule has 0 saturated carbocycles. The van der Waals surface area contributed by atoms with E-state index >= 15 is 0 Å². The van der Waals surface area contributed by atoms with Crippen LogP contribution in [0.4, 0.5) is 0 Å². The van der Waals surface area contributed by atoms with E-state index in [0.717, 1.165) is 5.92 Å². The highest BCUT2D eigenvalue weighted by Gasteiger charge is 2.15. The first kappa shape index (κ1) is 14.2. The average molecular weight is 233 g/mol. The molecule has 0 heterocycles. The number of benzene rings is 1. The van der Waals surface area contributed by atoms with Gasteiger partial charge < -0.3 is 5.32 Å². The third kappa shape index (κ3) is 4.16. The van der Waals surface area contributed by atoms with Crippen molar-refractivity contribution in [1.82, 2.24) is 5.32 Å². The molecule has 96 valence electrons. The van der Waals surface area contributed by atoms with Crippen LogP contribution in [0.3, 0.4) is 0 Å². The monoisotopic (exact) mass is 233 g/mol. The SMILES string of the molecule is CCC(C)C(NC)c1cccc(CC(C)C)c1. The zero-order chi connectivity index (χ0) is 12.8. The molecule has 1 aromatic rings. The summed E-state index contributed by atoms with van der Waals surface area (Å²) in [6, 6.07) is 9.53. The van der Waals surface area contributed by atoms with E-state index in [1.807, 2.05) is 0 Å². The Morgan fingerprint density at radius 1 is 1.18 bits per heavy atom. The molecule has 0 aliphatic heterocycles. The van der Waals surface area contributed by atoms with Crippen LogP contribution < -0.4 is 5.32 Å². The minimum Gasteiger partial charge on any atom is -0.313 e. The Hall–Kier alpha value is -0.820. The van der Waals surface area contributed by atoms with Crippen LogP contribution in [0.5, 0.6) is 0 Å². The molecule has 1 aromatic carbocycles. The first-order valence-electron chi connectivity index (χ1n) is 6.84. The Bertz CT molecular complexity index is 330. The summed E-state index contributed by atoms with van der Waals surface area (Å²) in [5.74, 6) is 1.40. The Labute approximate surface area is 107 Å². The maximum atomic E-state index is 3.45. The molecule has 0 aromatic heterocycles. The number of hydrogen-bond acceptors (Lipinski definition) is 1. The highest BCUT2D eigenvalue weighted by molar-refractivity contribution is 5.26. The van der Waals surface area contributed by atoms with E-state index < -0.39 is 0 Å². The van der Waals surface area contributed by atoms with E-state index in [-0.39, 0.29) is 0 Å². The van der Waals surface area contributed by atoms with Crippen LogP contribution in [-0.2, 0) is 6.42 Å². The third-order valence-electron chi connectivity index (χ3n) is 3.48. The lowest BCUT2D eigenvalue weighted by Crippen LogP contribution is -2.23. The smallest absolute Gasteiger partial charge is 0.0343 e. The molecule has 1 N–H and O–H groups in total. The Kier molecular flexibility index (Phi) is 5.70. The minimum atomic E-state index is 0.479. The van der Waals surface area contributed by atoms with Crippen molar-refractivity contribution in [3.8, 4) is 0 Å². The van der Waals surface area contributed by atoms with Gasteiger partial charge in [0.15, 0.2) is 0 Å². The molecule has 0 saturated heterocycles. The van der Waals surface area contributed by atoms with Crippen LogP contribution in [0.25, 0.3) is 0 Å².